The Labute approximate surface area is 97.0 Å². The number of aromatic nitrogens is 1. The summed E-state index contributed by atoms with van der Waals surface area (Å²) < 4.78 is 9.58. The number of ether oxygens (including phenoxy) is 1. The predicted octanol–water partition coefficient (Wildman–Crippen LogP) is 1.69. The number of pyridine rings is 1. The normalized spacial score (nSPS) is 9.94. The van der Waals surface area contributed by atoms with Crippen LogP contribution in [0.15, 0.2) is 41.1 Å². The maximum Gasteiger partial charge on any atom is 0.373 e. The Morgan fingerprint density at radius 2 is 2.00 bits per heavy atom. The lowest BCUT2D eigenvalue weighted by molar-refractivity contribution is 0.0563. The lowest BCUT2D eigenvalue weighted by atomic mass is 10.1. The van der Waals surface area contributed by atoms with E-state index in [1.165, 1.54) is 25.4 Å². The Balaban J connectivity index is 2.27. The van der Waals surface area contributed by atoms with Crippen LogP contribution in [0.2, 0.25) is 0 Å². The third-order valence-corrected chi connectivity index (χ3v) is 2.14. The monoisotopic (exact) mass is 231 g/mol. The summed E-state index contributed by atoms with van der Waals surface area (Å²) in [6.07, 6.45) is 3.00. The molecule has 0 spiro atoms. The van der Waals surface area contributed by atoms with Crippen molar-refractivity contribution in [2.24, 2.45) is 0 Å². The third-order valence-electron chi connectivity index (χ3n) is 2.14. The first kappa shape index (κ1) is 11.1. The van der Waals surface area contributed by atoms with Gasteiger partial charge in [0.15, 0.2) is 5.76 Å². The second-order valence-corrected chi connectivity index (χ2v) is 3.23. The van der Waals surface area contributed by atoms with Crippen LogP contribution in [0.3, 0.4) is 0 Å². The van der Waals surface area contributed by atoms with Gasteiger partial charge in [-0.05, 0) is 24.3 Å². The van der Waals surface area contributed by atoms with Crippen molar-refractivity contribution in [3.8, 4) is 0 Å². The minimum Gasteiger partial charge on any atom is -0.463 e. The molecule has 0 aromatic carbocycles. The molecule has 86 valence electrons. The Morgan fingerprint density at radius 1 is 1.24 bits per heavy atom. The summed E-state index contributed by atoms with van der Waals surface area (Å²) in [6.45, 7) is 0. The number of ketones is 1. The molecule has 0 saturated carbocycles. The highest BCUT2D eigenvalue weighted by molar-refractivity contribution is 6.07. The molecule has 0 aliphatic rings. The molecule has 17 heavy (non-hydrogen) atoms. The fraction of sp³-hybridized carbons (Fsp3) is 0.0833. The lowest BCUT2D eigenvalue weighted by Gasteiger charge is -1.96. The van der Waals surface area contributed by atoms with E-state index in [0.29, 0.717) is 5.56 Å². The number of carbonyl (C=O) groups excluding carboxylic acids is 2. The fourth-order valence-electron chi connectivity index (χ4n) is 1.31. The molecule has 0 N–H and O–H groups in total. The van der Waals surface area contributed by atoms with Gasteiger partial charge in [0.05, 0.1) is 7.11 Å². The number of rotatable bonds is 3. The second kappa shape index (κ2) is 4.61. The molecule has 2 heterocycles. The number of carbonyl (C=O) groups is 2. The molecule has 2 aromatic rings. The molecule has 5 nitrogen and oxygen atoms in total. The molecular weight excluding hydrogens is 222 g/mol. The van der Waals surface area contributed by atoms with Crippen molar-refractivity contribution in [2.45, 2.75) is 0 Å². The van der Waals surface area contributed by atoms with Gasteiger partial charge in [-0.1, -0.05) is 0 Å². The molecule has 5 heteroatoms. The zero-order valence-corrected chi connectivity index (χ0v) is 9.04. The zero-order valence-electron chi connectivity index (χ0n) is 9.04. The molecule has 0 atom stereocenters. The predicted molar refractivity (Wildman–Crippen MR) is 57.7 cm³/mol. The smallest absolute Gasteiger partial charge is 0.373 e. The molecule has 2 aromatic heterocycles. The van der Waals surface area contributed by atoms with Gasteiger partial charge in [0.2, 0.25) is 11.5 Å². The second-order valence-electron chi connectivity index (χ2n) is 3.23. The number of nitrogens with zero attached hydrogens (tertiary/aromatic N) is 1. The van der Waals surface area contributed by atoms with Crippen molar-refractivity contribution < 1.29 is 18.7 Å². The summed E-state index contributed by atoms with van der Waals surface area (Å²) in [7, 11) is 1.24. The Morgan fingerprint density at radius 3 is 2.65 bits per heavy atom. The average Bonchev–Trinajstić information content (AvgIpc) is 2.87. The molecule has 0 saturated heterocycles. The SMILES string of the molecule is COC(=O)c1ccc(C(=O)c2cccnc2)o1. The summed E-state index contributed by atoms with van der Waals surface area (Å²) >= 11 is 0. The Bertz CT molecular complexity index is 545. The van der Waals surface area contributed by atoms with E-state index in [1.54, 1.807) is 18.3 Å². The van der Waals surface area contributed by atoms with Crippen molar-refractivity contribution >= 4 is 11.8 Å². The summed E-state index contributed by atoms with van der Waals surface area (Å²) in [5, 5.41) is 0. The average molecular weight is 231 g/mol. The molecule has 0 aliphatic heterocycles. The number of furan rings is 1. The van der Waals surface area contributed by atoms with E-state index in [1.807, 2.05) is 0 Å². The van der Waals surface area contributed by atoms with E-state index in [-0.39, 0.29) is 17.3 Å². The van der Waals surface area contributed by atoms with Crippen LogP contribution in [0, 0.1) is 0 Å². The number of hydrogen-bond donors (Lipinski definition) is 0. The van der Waals surface area contributed by atoms with Crippen LogP contribution >= 0.6 is 0 Å². The maximum atomic E-state index is 11.9. The largest absolute Gasteiger partial charge is 0.463 e. The fourth-order valence-corrected chi connectivity index (χ4v) is 1.31. The number of hydrogen-bond acceptors (Lipinski definition) is 5. The van der Waals surface area contributed by atoms with E-state index < -0.39 is 5.97 Å². The number of esters is 1. The first-order chi connectivity index (χ1) is 8.22. The van der Waals surface area contributed by atoms with Crippen LogP contribution < -0.4 is 0 Å². The first-order valence-corrected chi connectivity index (χ1v) is 4.85. The van der Waals surface area contributed by atoms with Gasteiger partial charge >= 0.3 is 5.97 Å². The van der Waals surface area contributed by atoms with Gasteiger partial charge in [0, 0.05) is 18.0 Å². The van der Waals surface area contributed by atoms with E-state index >= 15 is 0 Å². The highest BCUT2D eigenvalue weighted by atomic mass is 16.5. The van der Waals surface area contributed by atoms with Crippen molar-refractivity contribution in [1.29, 1.82) is 0 Å². The summed E-state index contributed by atoms with van der Waals surface area (Å²) in [4.78, 5) is 26.9. The van der Waals surface area contributed by atoms with Crippen LogP contribution in [0.4, 0.5) is 0 Å². The maximum absolute atomic E-state index is 11.9. The Hall–Kier alpha value is -2.43. The molecular formula is C12H9NO4. The number of methoxy groups -OCH3 is 1. The van der Waals surface area contributed by atoms with Gasteiger partial charge in [-0.2, -0.15) is 0 Å². The van der Waals surface area contributed by atoms with E-state index in [2.05, 4.69) is 9.72 Å². The van der Waals surface area contributed by atoms with Crippen LogP contribution in [0.1, 0.15) is 26.7 Å². The lowest BCUT2D eigenvalue weighted by Crippen LogP contribution is -2.01. The summed E-state index contributed by atoms with van der Waals surface area (Å²) in [5.74, 6) is -0.860. The third kappa shape index (κ3) is 2.23. The van der Waals surface area contributed by atoms with Gasteiger partial charge in [-0.3, -0.25) is 9.78 Å². The standard InChI is InChI=1S/C12H9NO4/c1-16-12(15)10-5-4-9(17-10)11(14)8-3-2-6-13-7-8/h2-7H,1H3. The molecule has 0 unspecified atom stereocenters. The van der Waals surface area contributed by atoms with Crippen LogP contribution in [0.25, 0.3) is 0 Å². The molecule has 0 fully saturated rings. The first-order valence-electron chi connectivity index (χ1n) is 4.85. The minimum absolute atomic E-state index is 0.000240. The van der Waals surface area contributed by atoms with Crippen molar-refractivity contribution in [2.75, 3.05) is 7.11 Å². The van der Waals surface area contributed by atoms with Gasteiger partial charge in [0.25, 0.3) is 0 Å². The van der Waals surface area contributed by atoms with Crippen molar-refractivity contribution in [3.05, 3.63) is 53.7 Å². The molecule has 0 bridgehead atoms. The van der Waals surface area contributed by atoms with Crippen LogP contribution in [-0.2, 0) is 4.74 Å². The quantitative estimate of drug-likeness (QED) is 0.593. The van der Waals surface area contributed by atoms with Gasteiger partial charge < -0.3 is 9.15 Å². The van der Waals surface area contributed by atoms with Gasteiger partial charge in [-0.25, -0.2) is 4.79 Å². The van der Waals surface area contributed by atoms with Gasteiger partial charge in [0.1, 0.15) is 0 Å². The topological polar surface area (TPSA) is 69.4 Å². The summed E-state index contributed by atoms with van der Waals surface area (Å²) in [6, 6.07) is 6.10. The van der Waals surface area contributed by atoms with Crippen LogP contribution in [-0.4, -0.2) is 23.8 Å². The van der Waals surface area contributed by atoms with E-state index in [9.17, 15) is 9.59 Å². The highest BCUT2D eigenvalue weighted by Crippen LogP contribution is 2.13. The molecule has 0 radical (unpaired) electrons. The highest BCUT2D eigenvalue weighted by Gasteiger charge is 2.17. The van der Waals surface area contributed by atoms with Crippen LogP contribution in [0.5, 0.6) is 0 Å². The van der Waals surface area contributed by atoms with Gasteiger partial charge in [-0.15, -0.1) is 0 Å². The van der Waals surface area contributed by atoms with E-state index in [4.69, 9.17) is 4.42 Å². The van der Waals surface area contributed by atoms with E-state index in [0.717, 1.165) is 0 Å². The molecule has 2 rings (SSSR count). The minimum atomic E-state index is -0.616. The molecule has 0 aliphatic carbocycles. The summed E-state index contributed by atoms with van der Waals surface area (Å²) in [5.41, 5.74) is 0.401. The molecule has 0 amide bonds. The van der Waals surface area contributed by atoms with Crippen molar-refractivity contribution in [1.82, 2.24) is 4.98 Å². The Kier molecular flexibility index (Phi) is 3.00. The zero-order chi connectivity index (χ0) is 12.3. The van der Waals surface area contributed by atoms with Crippen molar-refractivity contribution in [3.63, 3.8) is 0 Å².